The molecule has 0 aliphatic carbocycles. The minimum Gasteiger partial charge on any atom is -0.462 e. The summed E-state index contributed by atoms with van der Waals surface area (Å²) in [6.07, 6.45) is 1.18. The van der Waals surface area contributed by atoms with Gasteiger partial charge in [-0.2, -0.15) is 0 Å². The molecule has 6 nitrogen and oxygen atoms in total. The molecule has 1 heterocycles. The Kier molecular flexibility index (Phi) is 5.25. The smallest absolute Gasteiger partial charge is 0.338 e. The molecule has 0 aliphatic rings. The topological polar surface area (TPSA) is 81.4 Å². The second-order valence-electron chi connectivity index (χ2n) is 5.45. The van der Waals surface area contributed by atoms with Crippen molar-refractivity contribution < 1.29 is 27.6 Å². The fourth-order valence-corrected chi connectivity index (χ4v) is 2.35. The van der Waals surface area contributed by atoms with Crippen LogP contribution in [-0.4, -0.2) is 23.6 Å². The van der Waals surface area contributed by atoms with Crippen LogP contribution >= 0.6 is 0 Å². The standard InChI is InChI=1S/C19H14F2N2O4/c1-2-26-19(25)11-3-6-13(7-4-11)23-18(24)14-10-22-27-17(14)12-5-8-15(20)16(21)9-12/h3-10H,2H2,1H3,(H,23,24). The highest BCUT2D eigenvalue weighted by Gasteiger charge is 2.19. The quantitative estimate of drug-likeness (QED) is 0.684. The SMILES string of the molecule is CCOC(=O)c1ccc(NC(=O)c2cnoc2-c2ccc(F)c(F)c2)cc1. The number of aromatic nitrogens is 1. The number of anilines is 1. The molecule has 0 unspecified atom stereocenters. The number of carbonyl (C=O) groups is 2. The van der Waals surface area contributed by atoms with Crippen LogP contribution in [0.25, 0.3) is 11.3 Å². The molecule has 8 heteroatoms. The van der Waals surface area contributed by atoms with E-state index in [-0.39, 0.29) is 23.5 Å². The summed E-state index contributed by atoms with van der Waals surface area (Å²) in [4.78, 5) is 24.1. The van der Waals surface area contributed by atoms with Gasteiger partial charge in [0.2, 0.25) is 0 Å². The molecule has 27 heavy (non-hydrogen) atoms. The van der Waals surface area contributed by atoms with Gasteiger partial charge in [-0.05, 0) is 49.4 Å². The molecule has 1 amide bonds. The van der Waals surface area contributed by atoms with Crippen LogP contribution in [-0.2, 0) is 4.74 Å². The lowest BCUT2D eigenvalue weighted by atomic mass is 10.1. The minimum atomic E-state index is -1.06. The first-order valence-corrected chi connectivity index (χ1v) is 7.98. The van der Waals surface area contributed by atoms with Gasteiger partial charge in [0, 0.05) is 11.3 Å². The van der Waals surface area contributed by atoms with Gasteiger partial charge in [-0.15, -0.1) is 0 Å². The molecule has 0 bridgehead atoms. The van der Waals surface area contributed by atoms with Crippen LogP contribution in [0.1, 0.15) is 27.6 Å². The fourth-order valence-electron chi connectivity index (χ4n) is 2.35. The van der Waals surface area contributed by atoms with Gasteiger partial charge in [-0.3, -0.25) is 4.79 Å². The highest BCUT2D eigenvalue weighted by Crippen LogP contribution is 2.26. The van der Waals surface area contributed by atoms with E-state index in [1.165, 1.54) is 36.5 Å². The van der Waals surface area contributed by atoms with Gasteiger partial charge in [0.05, 0.1) is 18.4 Å². The molecule has 1 aromatic heterocycles. The third-order valence-corrected chi connectivity index (χ3v) is 3.65. The van der Waals surface area contributed by atoms with E-state index in [1.807, 2.05) is 0 Å². The van der Waals surface area contributed by atoms with Crippen LogP contribution in [0.2, 0.25) is 0 Å². The maximum absolute atomic E-state index is 13.4. The van der Waals surface area contributed by atoms with E-state index < -0.39 is 23.5 Å². The summed E-state index contributed by atoms with van der Waals surface area (Å²) in [6.45, 7) is 1.97. The van der Waals surface area contributed by atoms with Gasteiger partial charge >= 0.3 is 5.97 Å². The molecule has 0 saturated carbocycles. The molecule has 0 spiro atoms. The maximum Gasteiger partial charge on any atom is 0.338 e. The summed E-state index contributed by atoms with van der Waals surface area (Å²) < 4.78 is 36.4. The van der Waals surface area contributed by atoms with Crippen molar-refractivity contribution in [1.29, 1.82) is 0 Å². The number of benzene rings is 2. The predicted octanol–water partition coefficient (Wildman–Crippen LogP) is 4.05. The van der Waals surface area contributed by atoms with Gasteiger partial charge in [0.1, 0.15) is 5.56 Å². The molecule has 2 aromatic carbocycles. The largest absolute Gasteiger partial charge is 0.462 e. The first kappa shape index (κ1) is 18.2. The monoisotopic (exact) mass is 372 g/mol. The van der Waals surface area contributed by atoms with E-state index in [0.29, 0.717) is 11.3 Å². The van der Waals surface area contributed by atoms with Gasteiger partial charge in [0.25, 0.3) is 5.91 Å². The van der Waals surface area contributed by atoms with E-state index in [4.69, 9.17) is 9.26 Å². The molecule has 0 saturated heterocycles. The number of ether oxygens (including phenoxy) is 1. The predicted molar refractivity (Wildman–Crippen MR) is 92.2 cm³/mol. The fraction of sp³-hybridized carbons (Fsp3) is 0.105. The molecule has 1 N–H and O–H groups in total. The van der Waals surface area contributed by atoms with E-state index in [2.05, 4.69) is 10.5 Å². The zero-order valence-electron chi connectivity index (χ0n) is 14.2. The van der Waals surface area contributed by atoms with Crippen molar-refractivity contribution in [3.05, 3.63) is 71.4 Å². The number of hydrogen-bond acceptors (Lipinski definition) is 5. The third kappa shape index (κ3) is 4.00. The first-order chi connectivity index (χ1) is 13.0. The average Bonchev–Trinajstić information content (AvgIpc) is 3.15. The minimum absolute atomic E-state index is 0.00884. The van der Waals surface area contributed by atoms with Crippen molar-refractivity contribution in [2.75, 3.05) is 11.9 Å². The highest BCUT2D eigenvalue weighted by molar-refractivity contribution is 6.07. The number of carbonyl (C=O) groups excluding carboxylic acids is 2. The van der Waals surface area contributed by atoms with Crippen molar-refractivity contribution >= 4 is 17.6 Å². The number of amides is 1. The third-order valence-electron chi connectivity index (χ3n) is 3.65. The summed E-state index contributed by atoms with van der Waals surface area (Å²) in [7, 11) is 0. The Morgan fingerprint density at radius 2 is 1.85 bits per heavy atom. The Bertz CT molecular complexity index is 984. The zero-order valence-corrected chi connectivity index (χ0v) is 14.2. The number of nitrogens with zero attached hydrogens (tertiary/aromatic N) is 1. The molecule has 0 radical (unpaired) electrons. The zero-order chi connectivity index (χ0) is 19.4. The molecule has 0 fully saturated rings. The van der Waals surface area contributed by atoms with Crippen molar-refractivity contribution in [3.8, 4) is 11.3 Å². The number of esters is 1. The van der Waals surface area contributed by atoms with Gasteiger partial charge < -0.3 is 14.6 Å². The molecule has 3 rings (SSSR count). The average molecular weight is 372 g/mol. The number of rotatable bonds is 5. The van der Waals surface area contributed by atoms with Crippen LogP contribution < -0.4 is 5.32 Å². The Hall–Kier alpha value is -3.55. The maximum atomic E-state index is 13.4. The summed E-state index contributed by atoms with van der Waals surface area (Å²) in [6, 6.07) is 9.23. The van der Waals surface area contributed by atoms with E-state index >= 15 is 0 Å². The molecule has 138 valence electrons. The second kappa shape index (κ2) is 7.77. The van der Waals surface area contributed by atoms with Gasteiger partial charge in [0.15, 0.2) is 17.4 Å². The van der Waals surface area contributed by atoms with Crippen LogP contribution in [0.15, 0.2) is 53.2 Å². The molecule has 0 atom stereocenters. The van der Waals surface area contributed by atoms with Crippen LogP contribution in [0, 0.1) is 11.6 Å². The number of halogens is 2. The Labute approximate surface area is 152 Å². The van der Waals surface area contributed by atoms with Crippen molar-refractivity contribution in [2.45, 2.75) is 6.92 Å². The number of nitrogens with one attached hydrogen (secondary N) is 1. The first-order valence-electron chi connectivity index (χ1n) is 7.98. The van der Waals surface area contributed by atoms with E-state index in [9.17, 15) is 18.4 Å². The lowest BCUT2D eigenvalue weighted by Gasteiger charge is -2.06. The van der Waals surface area contributed by atoms with E-state index in [1.54, 1.807) is 6.92 Å². The van der Waals surface area contributed by atoms with Crippen molar-refractivity contribution in [3.63, 3.8) is 0 Å². The second-order valence-corrected chi connectivity index (χ2v) is 5.45. The summed E-state index contributed by atoms with van der Waals surface area (Å²) >= 11 is 0. The van der Waals surface area contributed by atoms with Crippen molar-refractivity contribution in [1.82, 2.24) is 5.16 Å². The summed E-state index contributed by atoms with van der Waals surface area (Å²) in [5.41, 5.74) is 0.998. The van der Waals surface area contributed by atoms with Crippen LogP contribution in [0.3, 0.4) is 0 Å². The molecular formula is C19H14F2N2O4. The lowest BCUT2D eigenvalue weighted by Crippen LogP contribution is -2.12. The van der Waals surface area contributed by atoms with Crippen LogP contribution in [0.4, 0.5) is 14.5 Å². The number of hydrogen-bond donors (Lipinski definition) is 1. The lowest BCUT2D eigenvalue weighted by molar-refractivity contribution is 0.0526. The van der Waals surface area contributed by atoms with Crippen LogP contribution in [0.5, 0.6) is 0 Å². The normalized spacial score (nSPS) is 10.5. The van der Waals surface area contributed by atoms with Gasteiger partial charge in [-0.25, -0.2) is 13.6 Å². The van der Waals surface area contributed by atoms with E-state index in [0.717, 1.165) is 12.1 Å². The summed E-state index contributed by atoms with van der Waals surface area (Å²) in [5, 5.41) is 6.18. The van der Waals surface area contributed by atoms with Crippen molar-refractivity contribution in [2.24, 2.45) is 0 Å². The highest BCUT2D eigenvalue weighted by atomic mass is 19.2. The Morgan fingerprint density at radius 1 is 1.11 bits per heavy atom. The Balaban J connectivity index is 1.78. The van der Waals surface area contributed by atoms with Gasteiger partial charge in [-0.1, -0.05) is 5.16 Å². The molecular weight excluding hydrogens is 358 g/mol. The summed E-state index contributed by atoms with van der Waals surface area (Å²) in [5.74, 6) is -3.08. The molecule has 3 aromatic rings. The Morgan fingerprint density at radius 3 is 2.52 bits per heavy atom. The molecule has 0 aliphatic heterocycles.